The van der Waals surface area contributed by atoms with E-state index in [2.05, 4.69) is 4.99 Å². The van der Waals surface area contributed by atoms with Crippen LogP contribution in [0.4, 0.5) is 0 Å². The fourth-order valence-electron chi connectivity index (χ4n) is 1.34. The molecule has 0 aromatic heterocycles. The Balaban J connectivity index is 2.35. The number of esters is 1. The molecular weight excluding hydrogens is 226 g/mol. The second kappa shape index (κ2) is 4.49. The van der Waals surface area contributed by atoms with E-state index >= 15 is 0 Å². The molecule has 0 unspecified atom stereocenters. The topological polar surface area (TPSA) is 38.7 Å². The van der Waals surface area contributed by atoms with Gasteiger partial charge in [0.05, 0.1) is 0 Å². The lowest BCUT2D eigenvalue weighted by atomic mass is 10.2. The van der Waals surface area contributed by atoms with Crippen LogP contribution in [0, 0.1) is 0 Å². The van der Waals surface area contributed by atoms with Gasteiger partial charge in [-0.3, -0.25) is 0 Å². The van der Waals surface area contributed by atoms with Crippen LogP contribution in [0.2, 0.25) is 5.02 Å². The normalized spacial score (nSPS) is 17.5. The van der Waals surface area contributed by atoms with E-state index in [0.717, 1.165) is 5.56 Å². The van der Waals surface area contributed by atoms with E-state index in [9.17, 15) is 4.79 Å². The van der Waals surface area contributed by atoms with Crippen molar-refractivity contribution < 1.29 is 9.53 Å². The highest BCUT2D eigenvalue weighted by molar-refractivity contribution is 6.32. The Morgan fingerprint density at radius 1 is 1.44 bits per heavy atom. The van der Waals surface area contributed by atoms with Gasteiger partial charge < -0.3 is 4.74 Å². The van der Waals surface area contributed by atoms with Crippen molar-refractivity contribution in [1.29, 1.82) is 0 Å². The third-order valence-corrected chi connectivity index (χ3v) is 2.51. The van der Waals surface area contributed by atoms with Crippen LogP contribution in [-0.4, -0.2) is 11.9 Å². The molecule has 82 valence electrons. The molecule has 0 atom stereocenters. The van der Waals surface area contributed by atoms with Crippen LogP contribution in [0.1, 0.15) is 18.9 Å². The maximum Gasteiger partial charge on any atom is 0.363 e. The van der Waals surface area contributed by atoms with Crippen molar-refractivity contribution in [1.82, 2.24) is 0 Å². The first-order valence-electron chi connectivity index (χ1n) is 4.96. The van der Waals surface area contributed by atoms with Crippen LogP contribution in [0.3, 0.4) is 0 Å². The molecule has 1 heterocycles. The van der Waals surface area contributed by atoms with Gasteiger partial charge >= 0.3 is 5.97 Å². The van der Waals surface area contributed by atoms with Crippen molar-refractivity contribution in [2.24, 2.45) is 4.99 Å². The number of carbonyl (C=O) groups is 1. The minimum Gasteiger partial charge on any atom is -0.407 e. The van der Waals surface area contributed by atoms with E-state index in [1.807, 2.05) is 25.1 Å². The Labute approximate surface area is 98.4 Å². The monoisotopic (exact) mass is 235 g/mol. The lowest BCUT2D eigenvalue weighted by Crippen LogP contribution is -2.02. The summed E-state index contributed by atoms with van der Waals surface area (Å²) in [5.41, 5.74) is 1.06. The Bertz CT molecular complexity index is 492. The minimum atomic E-state index is -0.420. The number of benzene rings is 1. The highest BCUT2D eigenvalue weighted by Gasteiger charge is 2.21. The first-order chi connectivity index (χ1) is 7.70. The molecule has 1 aromatic carbocycles. The highest BCUT2D eigenvalue weighted by atomic mass is 35.5. The third-order valence-electron chi connectivity index (χ3n) is 2.16. The van der Waals surface area contributed by atoms with E-state index < -0.39 is 5.97 Å². The Kier molecular flexibility index (Phi) is 3.06. The number of rotatable bonds is 2. The van der Waals surface area contributed by atoms with E-state index in [1.54, 1.807) is 12.1 Å². The standard InChI is InChI=1S/C12H10ClNO2/c1-2-11-14-10(12(15)16-11)7-8-5-3-4-6-9(8)13/h3-7H,2H2,1H3/b10-7-. The average Bonchev–Trinajstić information content (AvgIpc) is 2.63. The molecule has 2 rings (SSSR count). The van der Waals surface area contributed by atoms with Gasteiger partial charge in [-0.05, 0) is 17.7 Å². The lowest BCUT2D eigenvalue weighted by Gasteiger charge is -1.96. The molecular formula is C12H10ClNO2. The zero-order valence-corrected chi connectivity index (χ0v) is 9.49. The summed E-state index contributed by atoms with van der Waals surface area (Å²) in [5, 5.41) is 0.586. The molecule has 3 nitrogen and oxygen atoms in total. The fraction of sp³-hybridized carbons (Fsp3) is 0.167. The summed E-state index contributed by atoms with van der Waals surface area (Å²) >= 11 is 5.98. The van der Waals surface area contributed by atoms with E-state index in [0.29, 0.717) is 23.0 Å². The molecule has 1 aromatic rings. The number of ether oxygens (including phenoxy) is 1. The SMILES string of the molecule is CCC1=N/C(=C\c2ccccc2Cl)C(=O)O1. The summed E-state index contributed by atoms with van der Waals surface area (Å²) in [6.07, 6.45) is 2.24. The Hall–Kier alpha value is -1.61. The number of carbonyl (C=O) groups excluding carboxylic acids is 1. The number of nitrogens with zero attached hydrogens (tertiary/aromatic N) is 1. The van der Waals surface area contributed by atoms with E-state index in [1.165, 1.54) is 0 Å². The molecule has 0 aliphatic carbocycles. The van der Waals surface area contributed by atoms with Gasteiger partial charge in [0, 0.05) is 11.4 Å². The van der Waals surface area contributed by atoms with E-state index in [4.69, 9.17) is 16.3 Å². The van der Waals surface area contributed by atoms with Gasteiger partial charge in [-0.25, -0.2) is 9.79 Å². The second-order valence-corrected chi connectivity index (χ2v) is 3.71. The molecule has 0 radical (unpaired) electrons. The lowest BCUT2D eigenvalue weighted by molar-refractivity contribution is -0.130. The van der Waals surface area contributed by atoms with Gasteiger partial charge in [0.15, 0.2) is 11.6 Å². The zero-order valence-electron chi connectivity index (χ0n) is 8.74. The van der Waals surface area contributed by atoms with Gasteiger partial charge in [-0.15, -0.1) is 0 Å². The number of aliphatic imine (C=N–C) groups is 1. The Morgan fingerprint density at radius 3 is 2.81 bits per heavy atom. The van der Waals surface area contributed by atoms with Crippen molar-refractivity contribution in [3.05, 3.63) is 40.5 Å². The summed E-state index contributed by atoms with van der Waals surface area (Å²) in [4.78, 5) is 15.5. The smallest absolute Gasteiger partial charge is 0.363 e. The van der Waals surface area contributed by atoms with Crippen molar-refractivity contribution in [2.75, 3.05) is 0 Å². The molecule has 0 N–H and O–H groups in total. The molecule has 0 fully saturated rings. The van der Waals surface area contributed by atoms with Crippen LogP contribution in [0.15, 0.2) is 35.0 Å². The van der Waals surface area contributed by atoms with Crippen LogP contribution < -0.4 is 0 Å². The molecule has 0 saturated carbocycles. The van der Waals surface area contributed by atoms with Crippen LogP contribution in [-0.2, 0) is 9.53 Å². The van der Waals surface area contributed by atoms with Gasteiger partial charge in [0.1, 0.15) is 0 Å². The fourth-order valence-corrected chi connectivity index (χ4v) is 1.53. The van der Waals surface area contributed by atoms with Crippen LogP contribution >= 0.6 is 11.6 Å². The molecule has 1 aliphatic rings. The number of cyclic esters (lactones) is 1. The van der Waals surface area contributed by atoms with Crippen molar-refractivity contribution in [2.45, 2.75) is 13.3 Å². The predicted octanol–water partition coefficient (Wildman–Crippen LogP) is 3.05. The summed E-state index contributed by atoms with van der Waals surface area (Å²) < 4.78 is 4.93. The number of hydrogen-bond donors (Lipinski definition) is 0. The van der Waals surface area contributed by atoms with Gasteiger partial charge in [-0.2, -0.15) is 0 Å². The second-order valence-electron chi connectivity index (χ2n) is 3.30. The first-order valence-corrected chi connectivity index (χ1v) is 5.34. The number of halogens is 1. The third kappa shape index (κ3) is 2.14. The minimum absolute atomic E-state index is 0.296. The molecule has 0 spiro atoms. The summed E-state index contributed by atoms with van der Waals surface area (Å²) in [5.74, 6) is 0.0278. The first kappa shape index (κ1) is 10.9. The quantitative estimate of drug-likeness (QED) is 0.584. The van der Waals surface area contributed by atoms with Crippen molar-refractivity contribution >= 4 is 29.5 Å². The number of hydrogen-bond acceptors (Lipinski definition) is 3. The van der Waals surface area contributed by atoms with Crippen molar-refractivity contribution in [3.63, 3.8) is 0 Å². The summed E-state index contributed by atoms with van der Waals surface area (Å²) in [7, 11) is 0. The van der Waals surface area contributed by atoms with Crippen molar-refractivity contribution in [3.8, 4) is 0 Å². The molecule has 0 bridgehead atoms. The highest BCUT2D eigenvalue weighted by Crippen LogP contribution is 2.21. The maximum absolute atomic E-state index is 11.4. The molecule has 0 amide bonds. The average molecular weight is 236 g/mol. The predicted molar refractivity (Wildman–Crippen MR) is 63.2 cm³/mol. The largest absolute Gasteiger partial charge is 0.407 e. The van der Waals surface area contributed by atoms with Crippen LogP contribution in [0.5, 0.6) is 0 Å². The Morgan fingerprint density at radius 2 is 2.19 bits per heavy atom. The summed E-state index contributed by atoms with van der Waals surface area (Å²) in [6.45, 7) is 1.88. The molecule has 1 aliphatic heterocycles. The van der Waals surface area contributed by atoms with Gasteiger partial charge in [0.2, 0.25) is 0 Å². The molecule has 16 heavy (non-hydrogen) atoms. The molecule has 4 heteroatoms. The van der Waals surface area contributed by atoms with Gasteiger partial charge in [0.25, 0.3) is 0 Å². The zero-order chi connectivity index (χ0) is 11.5. The van der Waals surface area contributed by atoms with Gasteiger partial charge in [-0.1, -0.05) is 36.7 Å². The summed E-state index contributed by atoms with van der Waals surface area (Å²) in [6, 6.07) is 7.27. The maximum atomic E-state index is 11.4. The van der Waals surface area contributed by atoms with Crippen LogP contribution in [0.25, 0.3) is 6.08 Å². The van der Waals surface area contributed by atoms with E-state index in [-0.39, 0.29) is 0 Å². The molecule has 0 saturated heterocycles.